The first-order valence-corrected chi connectivity index (χ1v) is 7.94. The van der Waals surface area contributed by atoms with Crippen LogP contribution in [0, 0.1) is 0 Å². The van der Waals surface area contributed by atoms with Gasteiger partial charge in [-0.2, -0.15) is 0 Å². The van der Waals surface area contributed by atoms with E-state index in [2.05, 4.69) is 15.6 Å². The lowest BCUT2D eigenvalue weighted by molar-refractivity contribution is 0.182. The van der Waals surface area contributed by atoms with Gasteiger partial charge in [0.2, 0.25) is 0 Å². The Morgan fingerprint density at radius 1 is 1.14 bits per heavy atom. The van der Waals surface area contributed by atoms with Crippen LogP contribution in [0.15, 0.2) is 30.3 Å². The van der Waals surface area contributed by atoms with E-state index < -0.39 is 0 Å². The third-order valence-electron chi connectivity index (χ3n) is 4.45. The van der Waals surface area contributed by atoms with Gasteiger partial charge in [-0.05, 0) is 25.7 Å². The van der Waals surface area contributed by atoms with Crippen molar-refractivity contribution in [2.24, 2.45) is 0 Å². The van der Waals surface area contributed by atoms with E-state index in [-0.39, 0.29) is 6.10 Å². The smallest absolute Gasteiger partial charge is 0.163 e. The average Bonchev–Trinajstić information content (AvgIpc) is 3.17. The summed E-state index contributed by atoms with van der Waals surface area (Å²) in [5, 5.41) is 16.6. The highest BCUT2D eigenvalue weighted by Crippen LogP contribution is 2.31. The molecule has 1 saturated carbocycles. The molecule has 2 atom stereocenters. The van der Waals surface area contributed by atoms with Crippen LogP contribution in [0.3, 0.4) is 0 Å². The highest BCUT2D eigenvalue weighted by molar-refractivity contribution is 5.67. The van der Waals surface area contributed by atoms with Gasteiger partial charge in [0, 0.05) is 23.7 Å². The quantitative estimate of drug-likeness (QED) is 0.811. The van der Waals surface area contributed by atoms with E-state index in [1.807, 2.05) is 30.3 Å². The lowest BCUT2D eigenvalue weighted by Crippen LogP contribution is -2.19. The second-order valence-corrected chi connectivity index (χ2v) is 6.07. The summed E-state index contributed by atoms with van der Waals surface area (Å²) in [6, 6.07) is 10.4. The zero-order valence-electron chi connectivity index (χ0n) is 12.4. The molecule has 5 heteroatoms. The molecule has 5 nitrogen and oxygen atoms in total. The first-order valence-electron chi connectivity index (χ1n) is 7.94. The van der Waals surface area contributed by atoms with E-state index in [1.165, 1.54) is 5.56 Å². The predicted molar refractivity (Wildman–Crippen MR) is 86.9 cm³/mol. The number of aromatic nitrogens is 2. The molecular weight excluding hydrogens is 276 g/mol. The summed E-state index contributed by atoms with van der Waals surface area (Å²) in [5.41, 5.74) is 2.19. The molecule has 22 heavy (non-hydrogen) atoms. The van der Waals surface area contributed by atoms with Gasteiger partial charge in [0.25, 0.3) is 0 Å². The van der Waals surface area contributed by atoms with E-state index in [9.17, 15) is 5.11 Å². The van der Waals surface area contributed by atoms with Crippen LogP contribution in [0.1, 0.15) is 24.8 Å². The Hall–Kier alpha value is -2.14. The number of nitrogens with one attached hydrogen (secondary N) is 2. The maximum atomic E-state index is 9.72. The molecule has 1 fully saturated rings. The van der Waals surface area contributed by atoms with Crippen LogP contribution in [0.25, 0.3) is 11.4 Å². The van der Waals surface area contributed by atoms with Crippen molar-refractivity contribution in [2.45, 2.75) is 37.8 Å². The topological polar surface area (TPSA) is 70.1 Å². The summed E-state index contributed by atoms with van der Waals surface area (Å²) in [7, 11) is 0. The summed E-state index contributed by atoms with van der Waals surface area (Å²) in [6.45, 7) is 0.907. The van der Waals surface area contributed by atoms with Crippen LogP contribution in [0.2, 0.25) is 0 Å². The van der Waals surface area contributed by atoms with Crippen LogP contribution in [-0.4, -0.2) is 33.8 Å². The van der Waals surface area contributed by atoms with Crippen molar-refractivity contribution >= 4 is 11.6 Å². The molecule has 1 aromatic carbocycles. The van der Waals surface area contributed by atoms with Crippen molar-refractivity contribution in [3.63, 3.8) is 0 Å². The first kappa shape index (κ1) is 13.5. The van der Waals surface area contributed by atoms with E-state index >= 15 is 0 Å². The Kier molecular flexibility index (Phi) is 3.42. The minimum atomic E-state index is -0.181. The van der Waals surface area contributed by atoms with Gasteiger partial charge in [-0.3, -0.25) is 0 Å². The molecule has 2 aliphatic rings. The Morgan fingerprint density at radius 3 is 2.77 bits per heavy atom. The molecule has 1 aliphatic carbocycles. The third kappa shape index (κ3) is 2.52. The predicted octanol–water partition coefficient (Wildman–Crippen LogP) is 2.44. The summed E-state index contributed by atoms with van der Waals surface area (Å²) in [4.78, 5) is 9.42. The van der Waals surface area contributed by atoms with Crippen LogP contribution < -0.4 is 10.6 Å². The minimum absolute atomic E-state index is 0.181. The minimum Gasteiger partial charge on any atom is -0.393 e. The normalized spacial score (nSPS) is 23.1. The monoisotopic (exact) mass is 296 g/mol. The van der Waals surface area contributed by atoms with Crippen molar-refractivity contribution in [3.8, 4) is 11.4 Å². The van der Waals surface area contributed by atoms with Gasteiger partial charge in [0.05, 0.1) is 6.10 Å². The molecule has 0 amide bonds. The fraction of sp³-hybridized carbons (Fsp3) is 0.412. The van der Waals surface area contributed by atoms with Gasteiger partial charge < -0.3 is 15.7 Å². The third-order valence-corrected chi connectivity index (χ3v) is 4.45. The molecule has 1 aromatic heterocycles. The van der Waals surface area contributed by atoms with Gasteiger partial charge in [0.1, 0.15) is 11.6 Å². The summed E-state index contributed by atoms with van der Waals surface area (Å²) in [6.07, 6.45) is 3.43. The summed E-state index contributed by atoms with van der Waals surface area (Å²) in [5.74, 6) is 2.61. The van der Waals surface area contributed by atoms with E-state index in [1.54, 1.807) is 0 Å². The number of aliphatic hydroxyl groups is 1. The molecule has 0 bridgehead atoms. The second-order valence-electron chi connectivity index (χ2n) is 6.07. The molecule has 2 aromatic rings. The van der Waals surface area contributed by atoms with Crippen LogP contribution >= 0.6 is 0 Å². The van der Waals surface area contributed by atoms with Crippen molar-refractivity contribution in [3.05, 3.63) is 35.9 Å². The first-order chi connectivity index (χ1) is 10.8. The number of benzene rings is 1. The van der Waals surface area contributed by atoms with E-state index in [0.717, 1.165) is 55.3 Å². The lowest BCUT2D eigenvalue weighted by atomic mass is 10.1. The van der Waals surface area contributed by atoms with Crippen molar-refractivity contribution in [1.29, 1.82) is 0 Å². The molecule has 0 unspecified atom stereocenters. The maximum absolute atomic E-state index is 9.72. The Balaban J connectivity index is 1.69. The molecule has 2 heterocycles. The van der Waals surface area contributed by atoms with E-state index in [4.69, 9.17) is 4.98 Å². The van der Waals surface area contributed by atoms with Gasteiger partial charge in [0.15, 0.2) is 5.82 Å². The maximum Gasteiger partial charge on any atom is 0.163 e. The largest absolute Gasteiger partial charge is 0.393 e. The van der Waals surface area contributed by atoms with Gasteiger partial charge in [-0.15, -0.1) is 0 Å². The van der Waals surface area contributed by atoms with Crippen LogP contribution in [-0.2, 0) is 6.42 Å². The number of aliphatic hydroxyl groups excluding tert-OH is 1. The standard InChI is InChI=1S/C17H20N4O/c22-13-7-6-12(10-13)19-17-14-8-9-18-16(14)20-15(21-17)11-4-2-1-3-5-11/h1-5,12-13,22H,6-10H2,(H2,18,19,20,21)/t12-,13-/m0/s1. The summed E-state index contributed by atoms with van der Waals surface area (Å²) < 4.78 is 0. The van der Waals surface area contributed by atoms with Crippen LogP contribution in [0.4, 0.5) is 11.6 Å². The summed E-state index contributed by atoms with van der Waals surface area (Å²) >= 11 is 0. The highest BCUT2D eigenvalue weighted by atomic mass is 16.3. The zero-order chi connectivity index (χ0) is 14.9. The number of nitrogens with zero attached hydrogens (tertiary/aromatic N) is 2. The van der Waals surface area contributed by atoms with Crippen molar-refractivity contribution < 1.29 is 5.11 Å². The van der Waals surface area contributed by atoms with Crippen molar-refractivity contribution in [1.82, 2.24) is 9.97 Å². The molecule has 114 valence electrons. The van der Waals surface area contributed by atoms with Crippen molar-refractivity contribution in [2.75, 3.05) is 17.2 Å². The van der Waals surface area contributed by atoms with Crippen LogP contribution in [0.5, 0.6) is 0 Å². The number of fused-ring (bicyclic) bond motifs is 1. The van der Waals surface area contributed by atoms with E-state index in [0.29, 0.717) is 6.04 Å². The fourth-order valence-electron chi connectivity index (χ4n) is 3.29. The molecule has 0 saturated heterocycles. The number of rotatable bonds is 3. The lowest BCUT2D eigenvalue weighted by Gasteiger charge is -2.16. The molecular formula is C17H20N4O. The highest BCUT2D eigenvalue weighted by Gasteiger charge is 2.26. The number of hydrogen-bond donors (Lipinski definition) is 3. The Morgan fingerprint density at radius 2 is 2.00 bits per heavy atom. The molecule has 1 aliphatic heterocycles. The van der Waals surface area contributed by atoms with Gasteiger partial charge in [-0.25, -0.2) is 9.97 Å². The SMILES string of the molecule is O[C@H]1CC[C@H](Nc2nc(-c3ccccc3)nc3c2CCN3)C1. The number of hydrogen-bond acceptors (Lipinski definition) is 5. The molecule has 0 radical (unpaired) electrons. The second kappa shape index (κ2) is 5.57. The van der Waals surface area contributed by atoms with Gasteiger partial charge in [-0.1, -0.05) is 30.3 Å². The Bertz CT molecular complexity index is 674. The average molecular weight is 296 g/mol. The number of anilines is 2. The molecule has 0 spiro atoms. The fourth-order valence-corrected chi connectivity index (χ4v) is 3.29. The van der Waals surface area contributed by atoms with Gasteiger partial charge >= 0.3 is 0 Å². The Labute approximate surface area is 129 Å². The zero-order valence-corrected chi connectivity index (χ0v) is 12.4. The molecule has 4 rings (SSSR count). The molecule has 3 N–H and O–H groups in total.